The van der Waals surface area contributed by atoms with E-state index >= 15 is 0 Å². The Hall–Kier alpha value is -3.04. The van der Waals surface area contributed by atoms with Gasteiger partial charge in [-0.15, -0.1) is 0 Å². The zero-order valence-corrected chi connectivity index (χ0v) is 16.8. The summed E-state index contributed by atoms with van der Waals surface area (Å²) >= 11 is 0. The number of carbonyl (C=O) groups is 1. The maximum Gasteiger partial charge on any atom is 0.240 e. The fourth-order valence-electron chi connectivity index (χ4n) is 3.08. The molecular formula is C20H21FN4O3S. The third kappa shape index (κ3) is 4.87. The van der Waals surface area contributed by atoms with Gasteiger partial charge in [0.2, 0.25) is 15.9 Å². The number of hydrogen-bond acceptors (Lipinski definition) is 4. The SMILES string of the molecule is CC(C)c1ccccc1CC(=O)Nc1ccc(-n2cc(F)cn2)c(S(N)(=O)=O)c1. The van der Waals surface area contributed by atoms with E-state index in [2.05, 4.69) is 10.4 Å². The topological polar surface area (TPSA) is 107 Å². The molecule has 0 spiro atoms. The summed E-state index contributed by atoms with van der Waals surface area (Å²) in [4.78, 5) is 12.2. The monoisotopic (exact) mass is 416 g/mol. The van der Waals surface area contributed by atoms with E-state index in [1.165, 1.54) is 18.2 Å². The molecule has 3 aromatic rings. The molecule has 0 bridgehead atoms. The van der Waals surface area contributed by atoms with Crippen LogP contribution in [-0.2, 0) is 21.2 Å². The quantitative estimate of drug-likeness (QED) is 0.644. The van der Waals surface area contributed by atoms with Crippen molar-refractivity contribution in [2.75, 3.05) is 5.32 Å². The highest BCUT2D eigenvalue weighted by Gasteiger charge is 2.18. The minimum Gasteiger partial charge on any atom is -0.326 e. The molecule has 1 heterocycles. The number of halogens is 1. The zero-order chi connectivity index (χ0) is 21.2. The van der Waals surface area contributed by atoms with Crippen molar-refractivity contribution in [3.8, 4) is 5.69 Å². The van der Waals surface area contributed by atoms with Crippen molar-refractivity contribution >= 4 is 21.6 Å². The van der Waals surface area contributed by atoms with Gasteiger partial charge in [-0.2, -0.15) is 5.10 Å². The number of nitrogens with one attached hydrogen (secondary N) is 1. The predicted octanol–water partition coefficient (Wildman–Crippen LogP) is 2.96. The van der Waals surface area contributed by atoms with E-state index in [9.17, 15) is 17.6 Å². The van der Waals surface area contributed by atoms with Gasteiger partial charge in [-0.1, -0.05) is 38.1 Å². The first-order valence-electron chi connectivity index (χ1n) is 8.90. The smallest absolute Gasteiger partial charge is 0.240 e. The van der Waals surface area contributed by atoms with Crippen molar-refractivity contribution < 1.29 is 17.6 Å². The Morgan fingerprint density at radius 3 is 2.59 bits per heavy atom. The summed E-state index contributed by atoms with van der Waals surface area (Å²) in [7, 11) is -4.14. The summed E-state index contributed by atoms with van der Waals surface area (Å²) in [5, 5.41) is 11.8. The van der Waals surface area contributed by atoms with Gasteiger partial charge in [0.15, 0.2) is 5.82 Å². The molecule has 0 aliphatic rings. The van der Waals surface area contributed by atoms with E-state index in [4.69, 9.17) is 5.14 Å². The first-order valence-corrected chi connectivity index (χ1v) is 10.4. The first-order chi connectivity index (χ1) is 13.6. The molecular weight excluding hydrogens is 395 g/mol. The van der Waals surface area contributed by atoms with Gasteiger partial charge < -0.3 is 5.32 Å². The average Bonchev–Trinajstić information content (AvgIpc) is 3.07. The Balaban J connectivity index is 1.88. The Kier molecular flexibility index (Phi) is 5.81. The standard InChI is InChI=1S/C20H21FN4O3S/c1-13(2)17-6-4-3-5-14(17)9-20(26)24-16-7-8-18(19(10-16)29(22,27)28)25-12-15(21)11-23-25/h3-8,10-13H,9H2,1-2H3,(H,24,26)(H2,22,27,28). The highest BCUT2D eigenvalue weighted by molar-refractivity contribution is 7.89. The van der Waals surface area contributed by atoms with Crippen LogP contribution in [0.3, 0.4) is 0 Å². The fourth-order valence-corrected chi connectivity index (χ4v) is 3.82. The van der Waals surface area contributed by atoms with Crippen molar-refractivity contribution in [1.29, 1.82) is 0 Å². The van der Waals surface area contributed by atoms with Crippen LogP contribution >= 0.6 is 0 Å². The minimum absolute atomic E-state index is 0.0829. The Morgan fingerprint density at radius 2 is 1.97 bits per heavy atom. The number of nitrogens with zero attached hydrogens (tertiary/aromatic N) is 2. The summed E-state index contributed by atoms with van der Waals surface area (Å²) < 4.78 is 38.4. The Morgan fingerprint density at radius 1 is 1.24 bits per heavy atom. The van der Waals surface area contributed by atoms with E-state index in [1.807, 2.05) is 38.1 Å². The van der Waals surface area contributed by atoms with Crippen LogP contribution in [0.25, 0.3) is 5.69 Å². The first kappa shape index (κ1) is 20.7. The van der Waals surface area contributed by atoms with Gasteiger partial charge in [-0.3, -0.25) is 4.79 Å². The molecule has 0 saturated heterocycles. The van der Waals surface area contributed by atoms with Gasteiger partial charge >= 0.3 is 0 Å². The van der Waals surface area contributed by atoms with Crippen LogP contribution in [-0.4, -0.2) is 24.1 Å². The van der Waals surface area contributed by atoms with Gasteiger partial charge in [-0.05, 0) is 35.2 Å². The molecule has 152 valence electrons. The molecule has 1 aromatic heterocycles. The Bertz CT molecular complexity index is 1160. The molecule has 1 amide bonds. The van der Waals surface area contributed by atoms with E-state index in [0.29, 0.717) is 0 Å². The number of amides is 1. The second-order valence-corrected chi connectivity index (χ2v) is 8.44. The van der Waals surface area contributed by atoms with Crippen LogP contribution in [0.5, 0.6) is 0 Å². The highest BCUT2D eigenvalue weighted by Crippen LogP contribution is 2.24. The molecule has 3 rings (SSSR count). The summed E-state index contributed by atoms with van der Waals surface area (Å²) in [6, 6.07) is 11.8. The Labute approximate surface area is 168 Å². The van der Waals surface area contributed by atoms with Crippen LogP contribution in [0.1, 0.15) is 30.9 Å². The second kappa shape index (κ2) is 8.14. The van der Waals surface area contributed by atoms with Gasteiger partial charge in [0.1, 0.15) is 4.90 Å². The molecule has 0 unspecified atom stereocenters. The molecule has 0 atom stereocenters. The molecule has 0 aliphatic carbocycles. The summed E-state index contributed by atoms with van der Waals surface area (Å²) in [5.41, 5.74) is 2.32. The predicted molar refractivity (Wildman–Crippen MR) is 108 cm³/mol. The lowest BCUT2D eigenvalue weighted by Gasteiger charge is -2.14. The van der Waals surface area contributed by atoms with Crippen molar-refractivity contribution in [2.24, 2.45) is 5.14 Å². The summed E-state index contributed by atoms with van der Waals surface area (Å²) in [6.07, 6.45) is 2.13. The maximum atomic E-state index is 13.3. The normalized spacial score (nSPS) is 11.6. The number of nitrogens with two attached hydrogens (primary N) is 1. The van der Waals surface area contributed by atoms with E-state index in [-0.39, 0.29) is 34.5 Å². The number of aromatic nitrogens is 2. The number of carbonyl (C=O) groups excluding carboxylic acids is 1. The number of benzene rings is 2. The van der Waals surface area contributed by atoms with Crippen molar-refractivity contribution in [1.82, 2.24) is 9.78 Å². The number of anilines is 1. The molecule has 7 nitrogen and oxygen atoms in total. The number of hydrogen-bond donors (Lipinski definition) is 2. The number of sulfonamides is 1. The maximum absolute atomic E-state index is 13.3. The largest absolute Gasteiger partial charge is 0.326 e. The molecule has 2 aromatic carbocycles. The second-order valence-electron chi connectivity index (χ2n) is 6.91. The lowest BCUT2D eigenvalue weighted by atomic mass is 9.95. The number of rotatable bonds is 6. The van der Waals surface area contributed by atoms with Gasteiger partial charge in [0.25, 0.3) is 0 Å². The van der Waals surface area contributed by atoms with Crippen LogP contribution in [0.15, 0.2) is 59.8 Å². The van der Waals surface area contributed by atoms with E-state index in [1.54, 1.807) is 0 Å². The van der Waals surface area contributed by atoms with Crippen LogP contribution in [0.2, 0.25) is 0 Å². The lowest BCUT2D eigenvalue weighted by Crippen LogP contribution is -2.18. The molecule has 0 saturated carbocycles. The van der Waals surface area contributed by atoms with E-state index in [0.717, 1.165) is 28.2 Å². The van der Waals surface area contributed by atoms with Crippen LogP contribution in [0, 0.1) is 5.82 Å². The molecule has 3 N–H and O–H groups in total. The van der Waals surface area contributed by atoms with Crippen molar-refractivity contribution in [2.45, 2.75) is 31.1 Å². The van der Waals surface area contributed by atoms with Gasteiger partial charge in [0, 0.05) is 5.69 Å². The average molecular weight is 416 g/mol. The minimum atomic E-state index is -4.14. The molecule has 9 heteroatoms. The van der Waals surface area contributed by atoms with E-state index < -0.39 is 15.8 Å². The lowest BCUT2D eigenvalue weighted by molar-refractivity contribution is -0.115. The zero-order valence-electron chi connectivity index (χ0n) is 16.0. The van der Waals surface area contributed by atoms with Crippen LogP contribution in [0.4, 0.5) is 10.1 Å². The van der Waals surface area contributed by atoms with Crippen molar-refractivity contribution in [3.63, 3.8) is 0 Å². The summed E-state index contributed by atoms with van der Waals surface area (Å²) in [6.45, 7) is 4.10. The van der Waals surface area contributed by atoms with Crippen LogP contribution < -0.4 is 10.5 Å². The van der Waals surface area contributed by atoms with Gasteiger partial charge in [-0.25, -0.2) is 22.6 Å². The third-order valence-corrected chi connectivity index (χ3v) is 5.32. The molecule has 0 fully saturated rings. The summed E-state index contributed by atoms with van der Waals surface area (Å²) in [5.74, 6) is -0.648. The number of primary sulfonamides is 1. The fraction of sp³-hybridized carbons (Fsp3) is 0.200. The molecule has 0 aliphatic heterocycles. The van der Waals surface area contributed by atoms with Gasteiger partial charge in [0.05, 0.1) is 24.5 Å². The molecule has 29 heavy (non-hydrogen) atoms. The van der Waals surface area contributed by atoms with Crippen molar-refractivity contribution in [3.05, 3.63) is 71.8 Å². The molecule has 0 radical (unpaired) electrons. The third-order valence-electron chi connectivity index (χ3n) is 4.38. The highest BCUT2D eigenvalue weighted by atomic mass is 32.2.